The molecular weight excluding hydrogens is 190 g/mol. The van der Waals surface area contributed by atoms with Gasteiger partial charge in [-0.25, -0.2) is 9.97 Å². The maximum Gasteiger partial charge on any atom is 0.131 e. The van der Waals surface area contributed by atoms with Gasteiger partial charge in [0.15, 0.2) is 0 Å². The monoisotopic (exact) mass is 207 g/mol. The summed E-state index contributed by atoms with van der Waals surface area (Å²) in [6, 6.07) is 2.52. The van der Waals surface area contributed by atoms with E-state index in [1.165, 1.54) is 19.3 Å². The molecule has 15 heavy (non-hydrogen) atoms. The number of hydrogen-bond acceptors (Lipinski definition) is 5. The number of anilines is 2. The maximum atomic E-state index is 5.40. The first kappa shape index (κ1) is 10.2. The number of rotatable bonds is 5. The van der Waals surface area contributed by atoms with E-state index >= 15 is 0 Å². The number of nitrogens with one attached hydrogen (secondary N) is 2. The molecule has 0 radical (unpaired) electrons. The molecule has 1 heterocycles. The lowest BCUT2D eigenvalue weighted by molar-refractivity contribution is 0.444. The van der Waals surface area contributed by atoms with Crippen LogP contribution in [0.2, 0.25) is 0 Å². The van der Waals surface area contributed by atoms with Gasteiger partial charge in [0.2, 0.25) is 0 Å². The molecule has 0 bridgehead atoms. The summed E-state index contributed by atoms with van der Waals surface area (Å²) in [5.74, 6) is 1.73. The highest BCUT2D eigenvalue weighted by atomic mass is 15.1. The van der Waals surface area contributed by atoms with E-state index in [4.69, 9.17) is 5.73 Å². The highest BCUT2D eigenvalue weighted by Crippen LogP contribution is 2.22. The topological polar surface area (TPSA) is 75.9 Å². The number of hydrogen-bond donors (Lipinski definition) is 3. The van der Waals surface area contributed by atoms with Crippen LogP contribution in [0.4, 0.5) is 11.6 Å². The summed E-state index contributed by atoms with van der Waals surface area (Å²) >= 11 is 0. The third kappa shape index (κ3) is 2.79. The van der Waals surface area contributed by atoms with Crippen LogP contribution < -0.4 is 16.4 Å². The van der Waals surface area contributed by atoms with Gasteiger partial charge in [0.05, 0.1) is 0 Å². The Hall–Kier alpha value is -1.36. The van der Waals surface area contributed by atoms with Crippen molar-refractivity contribution in [3.8, 4) is 0 Å². The molecule has 1 aromatic heterocycles. The average Bonchev–Trinajstić information content (AvgIpc) is 2.21. The highest BCUT2D eigenvalue weighted by molar-refractivity contribution is 5.47. The van der Waals surface area contributed by atoms with E-state index in [9.17, 15) is 0 Å². The molecule has 5 nitrogen and oxygen atoms in total. The second-order valence-electron chi connectivity index (χ2n) is 3.78. The van der Waals surface area contributed by atoms with E-state index in [0.717, 1.165) is 18.2 Å². The van der Waals surface area contributed by atoms with E-state index < -0.39 is 0 Å². The Morgan fingerprint density at radius 3 is 2.80 bits per heavy atom. The van der Waals surface area contributed by atoms with Crippen molar-refractivity contribution in [3.63, 3.8) is 0 Å². The zero-order valence-corrected chi connectivity index (χ0v) is 8.74. The van der Waals surface area contributed by atoms with Crippen LogP contribution >= 0.6 is 0 Å². The SMILES string of the molecule is NCCNc1cc(NC2CCC2)ncn1. The molecule has 0 amide bonds. The van der Waals surface area contributed by atoms with Gasteiger partial charge in [-0.05, 0) is 19.3 Å². The van der Waals surface area contributed by atoms with Crippen molar-refractivity contribution >= 4 is 11.6 Å². The van der Waals surface area contributed by atoms with Crippen molar-refractivity contribution in [1.29, 1.82) is 0 Å². The highest BCUT2D eigenvalue weighted by Gasteiger charge is 2.17. The van der Waals surface area contributed by atoms with Gasteiger partial charge in [0.1, 0.15) is 18.0 Å². The molecule has 0 unspecified atom stereocenters. The molecule has 2 rings (SSSR count). The average molecular weight is 207 g/mol. The third-order valence-electron chi connectivity index (χ3n) is 2.57. The van der Waals surface area contributed by atoms with Crippen LogP contribution in [-0.2, 0) is 0 Å². The third-order valence-corrected chi connectivity index (χ3v) is 2.57. The van der Waals surface area contributed by atoms with E-state index in [1.54, 1.807) is 6.33 Å². The lowest BCUT2D eigenvalue weighted by Crippen LogP contribution is -2.27. The second kappa shape index (κ2) is 4.93. The number of aromatic nitrogens is 2. The quantitative estimate of drug-likeness (QED) is 0.666. The van der Waals surface area contributed by atoms with Crippen LogP contribution in [-0.4, -0.2) is 29.1 Å². The minimum absolute atomic E-state index is 0.599. The predicted octanol–water partition coefficient (Wildman–Crippen LogP) is 0.812. The summed E-state index contributed by atoms with van der Waals surface area (Å²) in [7, 11) is 0. The van der Waals surface area contributed by atoms with Crippen molar-refractivity contribution in [2.24, 2.45) is 5.73 Å². The molecule has 1 aromatic rings. The van der Waals surface area contributed by atoms with Gasteiger partial charge in [0, 0.05) is 25.2 Å². The van der Waals surface area contributed by atoms with Crippen molar-refractivity contribution in [2.45, 2.75) is 25.3 Å². The summed E-state index contributed by atoms with van der Waals surface area (Å²) < 4.78 is 0. The summed E-state index contributed by atoms with van der Waals surface area (Å²) in [6.07, 6.45) is 5.38. The zero-order valence-electron chi connectivity index (χ0n) is 8.74. The van der Waals surface area contributed by atoms with Crippen molar-refractivity contribution in [1.82, 2.24) is 9.97 Å². The molecule has 1 aliphatic rings. The Balaban J connectivity index is 1.92. The molecule has 4 N–H and O–H groups in total. The lowest BCUT2D eigenvalue weighted by atomic mass is 9.93. The van der Waals surface area contributed by atoms with Crippen LogP contribution in [0.1, 0.15) is 19.3 Å². The fraction of sp³-hybridized carbons (Fsp3) is 0.600. The maximum absolute atomic E-state index is 5.40. The van der Waals surface area contributed by atoms with E-state index in [2.05, 4.69) is 20.6 Å². The van der Waals surface area contributed by atoms with Crippen LogP contribution in [0.3, 0.4) is 0 Å². The van der Waals surface area contributed by atoms with Gasteiger partial charge in [0.25, 0.3) is 0 Å². The van der Waals surface area contributed by atoms with Gasteiger partial charge >= 0.3 is 0 Å². The van der Waals surface area contributed by atoms with Gasteiger partial charge in [-0.15, -0.1) is 0 Å². The Bertz CT molecular complexity index is 310. The van der Waals surface area contributed by atoms with E-state index in [0.29, 0.717) is 12.6 Å². The molecule has 0 aromatic carbocycles. The predicted molar refractivity (Wildman–Crippen MR) is 60.8 cm³/mol. The largest absolute Gasteiger partial charge is 0.369 e. The van der Waals surface area contributed by atoms with Gasteiger partial charge in [-0.1, -0.05) is 0 Å². The Morgan fingerprint density at radius 1 is 1.33 bits per heavy atom. The molecule has 82 valence electrons. The van der Waals surface area contributed by atoms with Crippen molar-refractivity contribution in [3.05, 3.63) is 12.4 Å². The number of nitrogens with two attached hydrogens (primary N) is 1. The molecular formula is C10H17N5. The van der Waals surface area contributed by atoms with Crippen molar-refractivity contribution < 1.29 is 0 Å². The Morgan fingerprint density at radius 2 is 2.13 bits per heavy atom. The summed E-state index contributed by atoms with van der Waals surface area (Å²) in [5, 5.41) is 6.50. The lowest BCUT2D eigenvalue weighted by Gasteiger charge is -2.26. The van der Waals surface area contributed by atoms with Crippen LogP contribution in [0.5, 0.6) is 0 Å². The molecule has 0 atom stereocenters. The van der Waals surface area contributed by atoms with Gasteiger partial charge in [-0.2, -0.15) is 0 Å². The minimum atomic E-state index is 0.599. The van der Waals surface area contributed by atoms with Gasteiger partial charge in [-0.3, -0.25) is 0 Å². The molecule has 0 spiro atoms. The molecule has 1 saturated carbocycles. The first-order valence-corrected chi connectivity index (χ1v) is 5.41. The summed E-state index contributed by atoms with van der Waals surface area (Å²) in [5.41, 5.74) is 5.40. The van der Waals surface area contributed by atoms with Crippen LogP contribution in [0.15, 0.2) is 12.4 Å². The molecule has 0 saturated heterocycles. The first-order chi connectivity index (χ1) is 7.38. The molecule has 5 heteroatoms. The van der Waals surface area contributed by atoms with E-state index in [1.807, 2.05) is 6.07 Å². The van der Waals surface area contributed by atoms with Crippen LogP contribution in [0, 0.1) is 0 Å². The second-order valence-corrected chi connectivity index (χ2v) is 3.78. The normalized spacial score (nSPS) is 15.8. The molecule has 1 aliphatic carbocycles. The smallest absolute Gasteiger partial charge is 0.131 e. The Kier molecular flexibility index (Phi) is 3.34. The first-order valence-electron chi connectivity index (χ1n) is 5.41. The minimum Gasteiger partial charge on any atom is -0.369 e. The van der Waals surface area contributed by atoms with Gasteiger partial charge < -0.3 is 16.4 Å². The Labute approximate surface area is 89.5 Å². The standard InChI is InChI=1S/C10H17N5/c11-4-5-12-9-6-10(14-7-13-9)15-8-2-1-3-8/h6-8H,1-5,11H2,(H2,12,13,14,15). The fourth-order valence-corrected chi connectivity index (χ4v) is 1.49. The summed E-state index contributed by atoms with van der Waals surface area (Å²) in [4.78, 5) is 8.29. The van der Waals surface area contributed by atoms with Crippen molar-refractivity contribution in [2.75, 3.05) is 23.7 Å². The van der Waals surface area contributed by atoms with E-state index in [-0.39, 0.29) is 0 Å². The molecule has 1 fully saturated rings. The van der Waals surface area contributed by atoms with Crippen LogP contribution in [0.25, 0.3) is 0 Å². The summed E-state index contributed by atoms with van der Waals surface area (Å²) in [6.45, 7) is 1.34. The zero-order chi connectivity index (χ0) is 10.5. The molecule has 0 aliphatic heterocycles. The number of nitrogens with zero attached hydrogens (tertiary/aromatic N) is 2. The fourth-order valence-electron chi connectivity index (χ4n) is 1.49.